The summed E-state index contributed by atoms with van der Waals surface area (Å²) in [5.74, 6) is 0. The third kappa shape index (κ3) is 4.33. The van der Waals surface area contributed by atoms with Gasteiger partial charge in [-0.05, 0) is 32.4 Å². The number of nitrogens with one attached hydrogen (secondary N) is 2. The number of hydrogen-bond acceptors (Lipinski definition) is 3. The normalized spacial score (nSPS) is 13.7. The van der Waals surface area contributed by atoms with Crippen LogP contribution in [0, 0.1) is 0 Å². The van der Waals surface area contributed by atoms with Crippen LogP contribution < -0.4 is 15.2 Å². The summed E-state index contributed by atoms with van der Waals surface area (Å²) in [6.07, 6.45) is 0. The van der Waals surface area contributed by atoms with Crippen LogP contribution in [0.3, 0.4) is 0 Å². The first-order valence-electron chi connectivity index (χ1n) is 5.46. The van der Waals surface area contributed by atoms with Crippen molar-refractivity contribution in [2.45, 2.75) is 32.9 Å². The summed E-state index contributed by atoms with van der Waals surface area (Å²) in [5, 5.41) is 0. The van der Waals surface area contributed by atoms with E-state index in [4.69, 9.17) is 5.73 Å². The predicted molar refractivity (Wildman–Crippen MR) is 69.9 cm³/mol. The fraction of sp³-hybridized carbons (Fsp3) is 0.455. The summed E-state index contributed by atoms with van der Waals surface area (Å²) in [4.78, 5) is 0. The summed E-state index contributed by atoms with van der Waals surface area (Å²) in [5.41, 5.74) is 7.05. The molecule has 0 spiro atoms. The van der Waals surface area contributed by atoms with E-state index in [2.05, 4.69) is 9.44 Å². The van der Waals surface area contributed by atoms with Gasteiger partial charge in [0.1, 0.15) is 0 Å². The molecule has 1 aromatic carbocycles. The molecular formula is C11H19N3O2S. The minimum absolute atomic E-state index is 0.157. The molecule has 0 saturated heterocycles. The zero-order valence-corrected chi connectivity index (χ0v) is 11.1. The molecule has 0 fully saturated rings. The second-order valence-electron chi connectivity index (χ2n) is 4.25. The second kappa shape index (κ2) is 5.48. The van der Waals surface area contributed by atoms with Gasteiger partial charge in [0, 0.05) is 12.1 Å². The Hall–Kier alpha value is -1.11. The maximum Gasteiger partial charge on any atom is 0.299 e. The zero-order chi connectivity index (χ0) is 13.1. The van der Waals surface area contributed by atoms with Gasteiger partial charge >= 0.3 is 0 Å². The summed E-state index contributed by atoms with van der Waals surface area (Å²) in [6, 6.07) is 6.70. The van der Waals surface area contributed by atoms with Gasteiger partial charge in [-0.1, -0.05) is 18.2 Å². The highest BCUT2D eigenvalue weighted by molar-refractivity contribution is 7.90. The molecule has 0 saturated carbocycles. The number of rotatable bonds is 5. The fourth-order valence-corrected chi connectivity index (χ4v) is 2.63. The van der Waals surface area contributed by atoms with Crippen molar-refractivity contribution in [3.05, 3.63) is 29.8 Å². The largest absolute Gasteiger partial charge is 0.324 e. The SMILES string of the molecule is CC(C)NS(=O)(=O)Nc1ccccc1C(C)N. The van der Waals surface area contributed by atoms with E-state index in [1.54, 1.807) is 32.0 Å². The first kappa shape index (κ1) is 14.0. The lowest BCUT2D eigenvalue weighted by atomic mass is 10.1. The molecule has 1 unspecified atom stereocenters. The molecule has 1 aromatic rings. The van der Waals surface area contributed by atoms with Crippen LogP contribution in [-0.4, -0.2) is 14.5 Å². The lowest BCUT2D eigenvalue weighted by Crippen LogP contribution is -2.35. The Morgan fingerprint density at radius 2 is 1.76 bits per heavy atom. The summed E-state index contributed by atoms with van der Waals surface area (Å²) < 4.78 is 28.4. The van der Waals surface area contributed by atoms with E-state index < -0.39 is 10.2 Å². The van der Waals surface area contributed by atoms with Gasteiger partial charge in [0.2, 0.25) is 0 Å². The predicted octanol–water partition coefficient (Wildman–Crippen LogP) is 1.36. The molecule has 96 valence electrons. The molecule has 0 aliphatic rings. The summed E-state index contributed by atoms with van der Waals surface area (Å²) >= 11 is 0. The van der Waals surface area contributed by atoms with E-state index in [1.165, 1.54) is 0 Å². The first-order chi connectivity index (χ1) is 7.82. The van der Waals surface area contributed by atoms with Gasteiger partial charge in [-0.3, -0.25) is 4.72 Å². The standard InChI is InChI=1S/C11H19N3O2S/c1-8(2)13-17(15,16)14-11-7-5-4-6-10(11)9(3)12/h4-9,13-14H,12H2,1-3H3. The fourth-order valence-electron chi connectivity index (χ4n) is 1.47. The minimum Gasteiger partial charge on any atom is -0.324 e. The van der Waals surface area contributed by atoms with Crippen molar-refractivity contribution < 1.29 is 8.42 Å². The Morgan fingerprint density at radius 3 is 2.29 bits per heavy atom. The highest BCUT2D eigenvalue weighted by Crippen LogP contribution is 2.21. The van der Waals surface area contributed by atoms with E-state index in [9.17, 15) is 8.42 Å². The van der Waals surface area contributed by atoms with Crippen molar-refractivity contribution >= 4 is 15.9 Å². The van der Waals surface area contributed by atoms with Crippen LogP contribution in [-0.2, 0) is 10.2 Å². The van der Waals surface area contributed by atoms with E-state index in [-0.39, 0.29) is 12.1 Å². The van der Waals surface area contributed by atoms with Gasteiger partial charge in [-0.2, -0.15) is 13.1 Å². The number of nitrogens with two attached hydrogens (primary N) is 1. The molecule has 17 heavy (non-hydrogen) atoms. The highest BCUT2D eigenvalue weighted by atomic mass is 32.2. The molecule has 0 heterocycles. The van der Waals surface area contributed by atoms with E-state index in [0.29, 0.717) is 5.69 Å². The maximum atomic E-state index is 11.7. The van der Waals surface area contributed by atoms with Gasteiger partial charge in [0.05, 0.1) is 5.69 Å². The van der Waals surface area contributed by atoms with E-state index >= 15 is 0 Å². The number of anilines is 1. The number of para-hydroxylation sites is 1. The summed E-state index contributed by atoms with van der Waals surface area (Å²) in [6.45, 7) is 5.33. The Kier molecular flexibility index (Phi) is 4.50. The highest BCUT2D eigenvalue weighted by Gasteiger charge is 2.14. The van der Waals surface area contributed by atoms with Gasteiger partial charge < -0.3 is 5.73 Å². The molecule has 0 amide bonds. The van der Waals surface area contributed by atoms with Crippen LogP contribution in [0.2, 0.25) is 0 Å². The molecule has 1 rings (SSSR count). The van der Waals surface area contributed by atoms with E-state index in [0.717, 1.165) is 5.56 Å². The van der Waals surface area contributed by atoms with Crippen LogP contribution in [0.25, 0.3) is 0 Å². The number of hydrogen-bond donors (Lipinski definition) is 3. The second-order valence-corrected chi connectivity index (χ2v) is 5.70. The quantitative estimate of drug-likeness (QED) is 0.744. The van der Waals surface area contributed by atoms with Crippen molar-refractivity contribution in [2.24, 2.45) is 5.73 Å². The van der Waals surface area contributed by atoms with Gasteiger partial charge in [-0.15, -0.1) is 0 Å². The third-order valence-corrected chi connectivity index (χ3v) is 3.36. The molecule has 4 N–H and O–H groups in total. The molecule has 0 aromatic heterocycles. The third-order valence-electron chi connectivity index (χ3n) is 2.09. The zero-order valence-electron chi connectivity index (χ0n) is 10.3. The Morgan fingerprint density at radius 1 is 1.18 bits per heavy atom. The van der Waals surface area contributed by atoms with Crippen LogP contribution in [0.1, 0.15) is 32.4 Å². The van der Waals surface area contributed by atoms with Crippen LogP contribution in [0.15, 0.2) is 24.3 Å². The molecule has 0 bridgehead atoms. The van der Waals surface area contributed by atoms with Crippen LogP contribution in [0.5, 0.6) is 0 Å². The monoisotopic (exact) mass is 257 g/mol. The molecule has 5 nitrogen and oxygen atoms in total. The number of benzene rings is 1. The van der Waals surface area contributed by atoms with Crippen LogP contribution in [0.4, 0.5) is 5.69 Å². The smallest absolute Gasteiger partial charge is 0.299 e. The average molecular weight is 257 g/mol. The Labute approximate surface area is 103 Å². The Balaban J connectivity index is 2.96. The molecular weight excluding hydrogens is 238 g/mol. The topological polar surface area (TPSA) is 84.2 Å². The molecule has 0 radical (unpaired) electrons. The molecule has 0 aliphatic carbocycles. The van der Waals surface area contributed by atoms with E-state index in [1.807, 2.05) is 13.0 Å². The molecule has 0 aliphatic heterocycles. The molecule has 1 atom stereocenters. The van der Waals surface area contributed by atoms with Crippen LogP contribution >= 0.6 is 0 Å². The van der Waals surface area contributed by atoms with Gasteiger partial charge in [0.25, 0.3) is 10.2 Å². The van der Waals surface area contributed by atoms with Gasteiger partial charge in [0.15, 0.2) is 0 Å². The van der Waals surface area contributed by atoms with Crippen molar-refractivity contribution in [3.63, 3.8) is 0 Å². The summed E-state index contributed by atoms with van der Waals surface area (Å²) in [7, 11) is -3.55. The average Bonchev–Trinajstić information content (AvgIpc) is 2.14. The van der Waals surface area contributed by atoms with Gasteiger partial charge in [-0.25, -0.2) is 0 Å². The Bertz CT molecular complexity index is 469. The van der Waals surface area contributed by atoms with Crippen molar-refractivity contribution in [1.82, 2.24) is 4.72 Å². The first-order valence-corrected chi connectivity index (χ1v) is 6.94. The minimum atomic E-state index is -3.55. The van der Waals surface area contributed by atoms with Crippen molar-refractivity contribution in [3.8, 4) is 0 Å². The lowest BCUT2D eigenvalue weighted by Gasteiger charge is -2.16. The lowest BCUT2D eigenvalue weighted by molar-refractivity contribution is 0.575. The maximum absolute atomic E-state index is 11.7. The molecule has 6 heteroatoms. The van der Waals surface area contributed by atoms with Crippen molar-refractivity contribution in [2.75, 3.05) is 4.72 Å². The van der Waals surface area contributed by atoms with Crippen molar-refractivity contribution in [1.29, 1.82) is 0 Å².